The van der Waals surface area contributed by atoms with Gasteiger partial charge in [0, 0.05) is 11.6 Å². The summed E-state index contributed by atoms with van der Waals surface area (Å²) in [6, 6.07) is 2.21. The van der Waals surface area contributed by atoms with Crippen LogP contribution in [-0.4, -0.2) is 14.2 Å². The van der Waals surface area contributed by atoms with E-state index in [1.807, 2.05) is 0 Å². The van der Waals surface area contributed by atoms with Crippen LogP contribution in [0.2, 0.25) is 0 Å². The van der Waals surface area contributed by atoms with E-state index >= 15 is 0 Å². The van der Waals surface area contributed by atoms with E-state index in [0.29, 0.717) is 17.1 Å². The highest BCUT2D eigenvalue weighted by Gasteiger charge is 2.14. The summed E-state index contributed by atoms with van der Waals surface area (Å²) in [4.78, 5) is 0. The maximum Gasteiger partial charge on any atom is 0.163 e. The molecule has 82 valence electrons. The molecule has 0 saturated heterocycles. The van der Waals surface area contributed by atoms with Gasteiger partial charge in [-0.1, -0.05) is 6.08 Å². The molecule has 1 aromatic rings. The van der Waals surface area contributed by atoms with Gasteiger partial charge in [-0.3, -0.25) is 0 Å². The van der Waals surface area contributed by atoms with Crippen molar-refractivity contribution >= 4 is 0 Å². The van der Waals surface area contributed by atoms with Crippen LogP contribution in [0, 0.1) is 5.82 Å². The van der Waals surface area contributed by atoms with E-state index < -0.39 is 11.9 Å². The lowest BCUT2D eigenvalue weighted by Gasteiger charge is -2.13. The van der Waals surface area contributed by atoms with Crippen LogP contribution in [0.15, 0.2) is 24.8 Å². The molecule has 4 heteroatoms. The summed E-state index contributed by atoms with van der Waals surface area (Å²) in [6.45, 7) is 3.51. The lowest BCUT2D eigenvalue weighted by atomic mass is 10.1. The van der Waals surface area contributed by atoms with Crippen LogP contribution in [0.3, 0.4) is 0 Å². The van der Waals surface area contributed by atoms with Crippen molar-refractivity contribution in [3.8, 4) is 11.5 Å². The Kier molecular flexibility index (Phi) is 3.68. The fourth-order valence-corrected chi connectivity index (χ4v) is 1.25. The van der Waals surface area contributed by atoms with Crippen LogP contribution < -0.4 is 15.2 Å². The molecule has 15 heavy (non-hydrogen) atoms. The SMILES string of the molecule is C=C[C@@H](N)c1cc(OC)c(OC)cc1F. The summed E-state index contributed by atoms with van der Waals surface area (Å²) in [6.07, 6.45) is 1.46. The predicted molar refractivity (Wildman–Crippen MR) is 56.6 cm³/mol. The van der Waals surface area contributed by atoms with E-state index in [1.54, 1.807) is 0 Å². The van der Waals surface area contributed by atoms with Gasteiger partial charge in [0.1, 0.15) is 5.82 Å². The molecule has 0 bridgehead atoms. The summed E-state index contributed by atoms with van der Waals surface area (Å²) in [5.74, 6) is 0.362. The number of benzene rings is 1. The predicted octanol–water partition coefficient (Wildman–Crippen LogP) is 2.03. The van der Waals surface area contributed by atoms with Crippen molar-refractivity contribution in [2.75, 3.05) is 14.2 Å². The molecule has 0 saturated carbocycles. The highest BCUT2D eigenvalue weighted by molar-refractivity contribution is 5.45. The fraction of sp³-hybridized carbons (Fsp3) is 0.273. The minimum Gasteiger partial charge on any atom is -0.493 e. The Balaban J connectivity index is 3.25. The molecule has 2 N–H and O–H groups in total. The zero-order valence-electron chi connectivity index (χ0n) is 8.79. The van der Waals surface area contributed by atoms with Gasteiger partial charge in [0.15, 0.2) is 11.5 Å². The molecule has 1 atom stereocenters. The minimum atomic E-state index is -0.551. The van der Waals surface area contributed by atoms with Crippen molar-refractivity contribution in [1.29, 1.82) is 0 Å². The molecule has 0 heterocycles. The maximum absolute atomic E-state index is 13.5. The van der Waals surface area contributed by atoms with Crippen LogP contribution >= 0.6 is 0 Å². The summed E-state index contributed by atoms with van der Waals surface area (Å²) < 4.78 is 23.5. The summed E-state index contributed by atoms with van der Waals surface area (Å²) in [5.41, 5.74) is 5.99. The third-order valence-electron chi connectivity index (χ3n) is 2.12. The zero-order chi connectivity index (χ0) is 11.4. The average molecular weight is 211 g/mol. The Morgan fingerprint density at radius 2 is 1.87 bits per heavy atom. The number of hydrogen-bond donors (Lipinski definition) is 1. The number of rotatable bonds is 4. The first-order valence-corrected chi connectivity index (χ1v) is 4.43. The van der Waals surface area contributed by atoms with E-state index in [2.05, 4.69) is 6.58 Å². The standard InChI is InChI=1S/C11H14FNO2/c1-4-9(13)7-5-10(14-2)11(15-3)6-8(7)12/h4-6,9H,1,13H2,2-3H3/t9-/m1/s1. The second-order valence-corrected chi connectivity index (χ2v) is 2.99. The van der Waals surface area contributed by atoms with Gasteiger partial charge in [-0.25, -0.2) is 4.39 Å². The average Bonchev–Trinajstić information content (AvgIpc) is 2.27. The summed E-state index contributed by atoms with van der Waals surface area (Å²) in [5, 5.41) is 0. The van der Waals surface area contributed by atoms with E-state index in [-0.39, 0.29) is 0 Å². The third-order valence-corrected chi connectivity index (χ3v) is 2.12. The van der Waals surface area contributed by atoms with Gasteiger partial charge in [-0.05, 0) is 6.07 Å². The smallest absolute Gasteiger partial charge is 0.163 e. The number of hydrogen-bond acceptors (Lipinski definition) is 3. The van der Waals surface area contributed by atoms with E-state index in [4.69, 9.17) is 15.2 Å². The van der Waals surface area contributed by atoms with Crippen molar-refractivity contribution < 1.29 is 13.9 Å². The molecule has 3 nitrogen and oxygen atoms in total. The monoisotopic (exact) mass is 211 g/mol. The van der Waals surface area contributed by atoms with E-state index in [9.17, 15) is 4.39 Å². The Bertz CT molecular complexity index is 366. The second-order valence-electron chi connectivity index (χ2n) is 2.99. The quantitative estimate of drug-likeness (QED) is 0.775. The molecular weight excluding hydrogens is 197 g/mol. The molecule has 0 aromatic heterocycles. The van der Waals surface area contributed by atoms with Gasteiger partial charge in [-0.15, -0.1) is 6.58 Å². The Morgan fingerprint density at radius 3 is 2.33 bits per heavy atom. The van der Waals surface area contributed by atoms with Gasteiger partial charge in [0.05, 0.1) is 20.3 Å². The molecular formula is C11H14FNO2. The zero-order valence-corrected chi connectivity index (χ0v) is 8.79. The molecule has 0 aliphatic heterocycles. The van der Waals surface area contributed by atoms with Gasteiger partial charge < -0.3 is 15.2 Å². The number of nitrogens with two attached hydrogens (primary N) is 1. The molecule has 0 fully saturated rings. The lowest BCUT2D eigenvalue weighted by Crippen LogP contribution is -2.09. The Hall–Kier alpha value is -1.55. The molecule has 0 aliphatic carbocycles. The number of halogens is 1. The molecule has 0 amide bonds. The number of ether oxygens (including phenoxy) is 2. The molecule has 0 spiro atoms. The van der Waals surface area contributed by atoms with Gasteiger partial charge in [0.25, 0.3) is 0 Å². The molecule has 0 aliphatic rings. The van der Waals surface area contributed by atoms with Crippen molar-refractivity contribution in [3.63, 3.8) is 0 Å². The van der Waals surface area contributed by atoms with Crippen LogP contribution in [0.25, 0.3) is 0 Å². The molecule has 1 rings (SSSR count). The van der Waals surface area contributed by atoms with Gasteiger partial charge in [-0.2, -0.15) is 0 Å². The lowest BCUT2D eigenvalue weighted by molar-refractivity contribution is 0.351. The van der Waals surface area contributed by atoms with Crippen LogP contribution in [0.1, 0.15) is 11.6 Å². The fourth-order valence-electron chi connectivity index (χ4n) is 1.25. The summed E-state index contributed by atoms with van der Waals surface area (Å²) >= 11 is 0. The van der Waals surface area contributed by atoms with Crippen LogP contribution in [0.5, 0.6) is 11.5 Å². The van der Waals surface area contributed by atoms with E-state index in [0.717, 1.165) is 0 Å². The van der Waals surface area contributed by atoms with Crippen molar-refractivity contribution in [1.82, 2.24) is 0 Å². The van der Waals surface area contributed by atoms with Gasteiger partial charge >= 0.3 is 0 Å². The number of methoxy groups -OCH3 is 2. The highest BCUT2D eigenvalue weighted by atomic mass is 19.1. The first kappa shape index (κ1) is 11.5. The normalized spacial score (nSPS) is 12.0. The van der Waals surface area contributed by atoms with Crippen LogP contribution in [-0.2, 0) is 0 Å². The molecule has 0 unspecified atom stereocenters. The van der Waals surface area contributed by atoms with Crippen molar-refractivity contribution in [3.05, 3.63) is 36.2 Å². The first-order valence-electron chi connectivity index (χ1n) is 4.43. The maximum atomic E-state index is 13.5. The molecule has 1 aromatic carbocycles. The van der Waals surface area contributed by atoms with Gasteiger partial charge in [0.2, 0.25) is 0 Å². The largest absolute Gasteiger partial charge is 0.493 e. The van der Waals surface area contributed by atoms with E-state index in [1.165, 1.54) is 32.4 Å². The highest BCUT2D eigenvalue weighted by Crippen LogP contribution is 2.31. The van der Waals surface area contributed by atoms with Crippen molar-refractivity contribution in [2.45, 2.75) is 6.04 Å². The third kappa shape index (κ3) is 2.27. The summed E-state index contributed by atoms with van der Waals surface area (Å²) in [7, 11) is 2.93. The topological polar surface area (TPSA) is 44.5 Å². The van der Waals surface area contributed by atoms with Crippen LogP contribution in [0.4, 0.5) is 4.39 Å². The Morgan fingerprint density at radius 1 is 1.33 bits per heavy atom. The minimum absolute atomic E-state index is 0.336. The second kappa shape index (κ2) is 4.79. The molecule has 0 radical (unpaired) electrons. The first-order chi connectivity index (χ1) is 7.13. The Labute approximate surface area is 88.3 Å². The van der Waals surface area contributed by atoms with Crippen molar-refractivity contribution in [2.24, 2.45) is 5.73 Å².